The zero-order valence-corrected chi connectivity index (χ0v) is 16.5. The molecule has 4 nitrogen and oxygen atoms in total. The lowest BCUT2D eigenvalue weighted by Crippen LogP contribution is -2.30. The van der Waals surface area contributed by atoms with Gasteiger partial charge in [0.1, 0.15) is 0 Å². The van der Waals surface area contributed by atoms with Crippen LogP contribution in [0.3, 0.4) is 0 Å². The number of benzene rings is 2. The summed E-state index contributed by atoms with van der Waals surface area (Å²) in [7, 11) is 2.21. The van der Waals surface area contributed by atoms with Crippen molar-refractivity contribution in [2.24, 2.45) is 0 Å². The molecule has 2 heterocycles. The van der Waals surface area contributed by atoms with Gasteiger partial charge in [-0.25, -0.2) is 0 Å². The molecular weight excluding hydrogens is 388 g/mol. The Kier molecular flexibility index (Phi) is 4.83. The summed E-state index contributed by atoms with van der Waals surface area (Å²) in [5.41, 5.74) is 11.1. The molecule has 26 heavy (non-hydrogen) atoms. The molecule has 3 aromatic rings. The van der Waals surface area contributed by atoms with Crippen LogP contribution in [0.15, 0.2) is 53.1 Å². The maximum absolute atomic E-state index is 6.20. The first-order valence-electron chi connectivity index (χ1n) is 8.99. The lowest BCUT2D eigenvalue weighted by Gasteiger charge is -2.30. The molecule has 1 unspecified atom stereocenters. The van der Waals surface area contributed by atoms with Crippen molar-refractivity contribution in [1.82, 2.24) is 9.88 Å². The third kappa shape index (κ3) is 3.55. The lowest BCUT2D eigenvalue weighted by molar-refractivity contribution is 0.251. The minimum absolute atomic E-state index is 0.630. The Bertz CT molecular complexity index is 918. The van der Waals surface area contributed by atoms with Crippen molar-refractivity contribution >= 4 is 43.9 Å². The number of rotatable bonds is 3. The van der Waals surface area contributed by atoms with Crippen molar-refractivity contribution in [3.63, 3.8) is 0 Å². The first kappa shape index (κ1) is 17.3. The molecule has 1 aliphatic heterocycles. The first-order valence-corrected chi connectivity index (χ1v) is 9.79. The second-order valence-electron chi connectivity index (χ2n) is 7.10. The molecule has 1 aliphatic rings. The van der Waals surface area contributed by atoms with Crippen molar-refractivity contribution in [2.45, 2.75) is 18.8 Å². The smallest absolute Gasteiger partial charge is 0.0746 e. The highest BCUT2D eigenvalue weighted by Gasteiger charge is 2.18. The Morgan fingerprint density at radius 3 is 2.77 bits per heavy atom. The van der Waals surface area contributed by atoms with Crippen molar-refractivity contribution < 1.29 is 0 Å². The number of aromatic nitrogens is 1. The quantitative estimate of drug-likeness (QED) is 0.627. The third-order valence-electron chi connectivity index (χ3n) is 5.14. The Balaban J connectivity index is 1.61. The van der Waals surface area contributed by atoms with Crippen molar-refractivity contribution in [1.29, 1.82) is 0 Å². The molecule has 134 valence electrons. The maximum atomic E-state index is 6.20. The SMILES string of the molecule is CN1CCCC(c2ccc(Nc3c(N)cnc4ccc(Br)cc34)cc2)C1. The Morgan fingerprint density at radius 1 is 1.19 bits per heavy atom. The zero-order valence-electron chi connectivity index (χ0n) is 14.9. The van der Waals surface area contributed by atoms with Crippen LogP contribution in [0.4, 0.5) is 17.1 Å². The molecular formula is C21H23BrN4. The summed E-state index contributed by atoms with van der Waals surface area (Å²) in [6.45, 7) is 2.35. The number of halogens is 1. The second-order valence-corrected chi connectivity index (χ2v) is 8.01. The van der Waals surface area contributed by atoms with Crippen LogP contribution in [0.2, 0.25) is 0 Å². The van der Waals surface area contributed by atoms with Crippen molar-refractivity contribution in [3.05, 3.63) is 58.7 Å². The summed E-state index contributed by atoms with van der Waals surface area (Å²) in [6.07, 6.45) is 4.26. The number of nitrogens with one attached hydrogen (secondary N) is 1. The molecule has 0 radical (unpaired) electrons. The van der Waals surface area contributed by atoms with E-state index in [1.54, 1.807) is 6.20 Å². The monoisotopic (exact) mass is 410 g/mol. The van der Waals surface area contributed by atoms with Gasteiger partial charge < -0.3 is 16.0 Å². The summed E-state index contributed by atoms with van der Waals surface area (Å²) < 4.78 is 1.01. The molecule has 5 heteroatoms. The predicted octanol–water partition coefficient (Wildman–Crippen LogP) is 5.13. The topological polar surface area (TPSA) is 54.2 Å². The number of likely N-dealkylation sites (tertiary alicyclic amines) is 1. The van der Waals surface area contributed by atoms with Crippen molar-refractivity contribution in [3.8, 4) is 0 Å². The fourth-order valence-corrected chi connectivity index (χ4v) is 4.10. The summed E-state index contributed by atoms with van der Waals surface area (Å²) in [5, 5.41) is 4.50. The summed E-state index contributed by atoms with van der Waals surface area (Å²) >= 11 is 3.53. The normalized spacial score (nSPS) is 18.2. The highest BCUT2D eigenvalue weighted by atomic mass is 79.9. The van der Waals surface area contributed by atoms with Gasteiger partial charge in [-0.1, -0.05) is 28.1 Å². The molecule has 0 spiro atoms. The number of hydrogen-bond donors (Lipinski definition) is 2. The standard InChI is InChI=1S/C21H23BrN4/c1-26-10-2-3-15(13-26)14-4-7-17(8-5-14)25-21-18-11-16(22)6-9-20(18)24-12-19(21)23/h4-9,11-12,15H,2-3,10,13,23H2,1H3,(H,24,25). The number of fused-ring (bicyclic) bond motifs is 1. The molecule has 0 aliphatic carbocycles. The van der Waals surface area contributed by atoms with E-state index in [0.717, 1.165) is 33.3 Å². The van der Waals surface area contributed by atoms with Gasteiger partial charge in [-0.3, -0.25) is 4.98 Å². The zero-order chi connectivity index (χ0) is 18.1. The molecule has 1 aromatic heterocycles. The van der Waals surface area contributed by atoms with Crippen LogP contribution in [-0.2, 0) is 0 Å². The number of pyridine rings is 1. The van der Waals surface area contributed by atoms with Crippen LogP contribution in [0.25, 0.3) is 10.9 Å². The number of anilines is 3. The van der Waals surface area contributed by atoms with Gasteiger partial charge in [-0.15, -0.1) is 0 Å². The number of likely N-dealkylation sites (N-methyl/N-ethyl adjacent to an activating group) is 1. The minimum Gasteiger partial charge on any atom is -0.396 e. The van der Waals surface area contributed by atoms with Gasteiger partial charge in [0.15, 0.2) is 0 Å². The third-order valence-corrected chi connectivity index (χ3v) is 5.63. The molecule has 3 N–H and O–H groups in total. The number of hydrogen-bond acceptors (Lipinski definition) is 4. The number of nitrogens with two attached hydrogens (primary N) is 1. The molecule has 0 saturated carbocycles. The van der Waals surface area contributed by atoms with E-state index >= 15 is 0 Å². The minimum atomic E-state index is 0.630. The van der Waals surface area contributed by atoms with Crippen LogP contribution >= 0.6 is 15.9 Å². The van der Waals surface area contributed by atoms with E-state index in [0.29, 0.717) is 11.6 Å². The highest BCUT2D eigenvalue weighted by Crippen LogP contribution is 2.33. The first-order chi connectivity index (χ1) is 12.6. The summed E-state index contributed by atoms with van der Waals surface area (Å²) in [5.74, 6) is 0.630. The number of nitrogens with zero attached hydrogens (tertiary/aromatic N) is 2. The van der Waals surface area contributed by atoms with Gasteiger partial charge in [-0.2, -0.15) is 0 Å². The summed E-state index contributed by atoms with van der Waals surface area (Å²) in [6, 6.07) is 14.8. The largest absolute Gasteiger partial charge is 0.396 e. The summed E-state index contributed by atoms with van der Waals surface area (Å²) in [4.78, 5) is 6.83. The Hall–Kier alpha value is -2.11. The highest BCUT2D eigenvalue weighted by molar-refractivity contribution is 9.10. The lowest BCUT2D eigenvalue weighted by atomic mass is 9.91. The predicted molar refractivity (Wildman–Crippen MR) is 113 cm³/mol. The Morgan fingerprint density at radius 2 is 2.00 bits per heavy atom. The van der Waals surface area contributed by atoms with Gasteiger partial charge in [0.2, 0.25) is 0 Å². The number of nitrogen functional groups attached to an aromatic ring is 1. The van der Waals surface area contributed by atoms with E-state index in [9.17, 15) is 0 Å². The van der Waals surface area contributed by atoms with Crippen LogP contribution in [-0.4, -0.2) is 30.0 Å². The maximum Gasteiger partial charge on any atom is 0.0746 e. The molecule has 0 amide bonds. The van der Waals surface area contributed by atoms with Crippen LogP contribution in [0.5, 0.6) is 0 Å². The van der Waals surface area contributed by atoms with Gasteiger partial charge in [0.05, 0.1) is 23.1 Å². The average Bonchev–Trinajstić information content (AvgIpc) is 2.65. The van der Waals surface area contributed by atoms with E-state index in [-0.39, 0.29) is 0 Å². The van der Waals surface area contributed by atoms with Gasteiger partial charge in [0.25, 0.3) is 0 Å². The van der Waals surface area contributed by atoms with E-state index in [1.807, 2.05) is 18.2 Å². The molecule has 1 atom stereocenters. The molecule has 1 saturated heterocycles. The van der Waals surface area contributed by atoms with Gasteiger partial charge >= 0.3 is 0 Å². The van der Waals surface area contributed by atoms with Gasteiger partial charge in [0, 0.05) is 22.1 Å². The van der Waals surface area contributed by atoms with Crippen LogP contribution < -0.4 is 11.1 Å². The second kappa shape index (κ2) is 7.25. The molecule has 4 rings (SSSR count). The van der Waals surface area contributed by atoms with E-state index in [4.69, 9.17) is 5.73 Å². The van der Waals surface area contributed by atoms with Crippen molar-refractivity contribution in [2.75, 3.05) is 31.2 Å². The van der Waals surface area contributed by atoms with E-state index in [1.165, 1.54) is 24.9 Å². The molecule has 2 aromatic carbocycles. The molecule has 1 fully saturated rings. The van der Waals surface area contributed by atoms with E-state index in [2.05, 4.69) is 62.4 Å². The van der Waals surface area contributed by atoms with Crippen LogP contribution in [0.1, 0.15) is 24.3 Å². The fraction of sp³-hybridized carbons (Fsp3) is 0.286. The Labute approximate surface area is 162 Å². The average molecular weight is 411 g/mol. The molecule has 0 bridgehead atoms. The number of piperidine rings is 1. The van der Waals surface area contributed by atoms with Gasteiger partial charge in [-0.05, 0) is 68.2 Å². The fourth-order valence-electron chi connectivity index (χ4n) is 3.74. The van der Waals surface area contributed by atoms with E-state index < -0.39 is 0 Å². The van der Waals surface area contributed by atoms with Crippen LogP contribution in [0, 0.1) is 0 Å².